The summed E-state index contributed by atoms with van der Waals surface area (Å²) in [5.74, 6) is -1.48. The Kier molecular flexibility index (Phi) is 10.8. The van der Waals surface area contributed by atoms with Crippen LogP contribution < -0.4 is 21.1 Å². The van der Waals surface area contributed by atoms with Crippen LogP contribution in [0.3, 0.4) is 0 Å². The summed E-state index contributed by atoms with van der Waals surface area (Å²) in [5.41, 5.74) is 6.22. The smallest absolute Gasteiger partial charge is 0.408 e. The summed E-state index contributed by atoms with van der Waals surface area (Å²) in [6.45, 7) is 12.4. The summed E-state index contributed by atoms with van der Waals surface area (Å²) in [5, 5.41) is 5.25. The number of rotatable bonds is 12. The lowest BCUT2D eigenvalue weighted by molar-refractivity contribution is -0.141. The van der Waals surface area contributed by atoms with Crippen molar-refractivity contribution in [2.24, 2.45) is 5.73 Å². The molecule has 0 saturated heterocycles. The summed E-state index contributed by atoms with van der Waals surface area (Å²) in [4.78, 5) is 53.2. The first-order chi connectivity index (χ1) is 18.4. The summed E-state index contributed by atoms with van der Waals surface area (Å²) < 4.78 is 10.4. The minimum atomic E-state index is -1.39. The monoisotopic (exact) mass is 536 g/mol. The highest BCUT2D eigenvalue weighted by atomic mass is 16.6. The van der Waals surface area contributed by atoms with Crippen LogP contribution in [0.5, 0.6) is 5.75 Å². The number of hydrogen-bond acceptors (Lipinski definition) is 6. The van der Waals surface area contributed by atoms with Gasteiger partial charge in [0.25, 0.3) is 5.91 Å². The van der Waals surface area contributed by atoms with Gasteiger partial charge < -0.3 is 30.7 Å². The van der Waals surface area contributed by atoms with Gasteiger partial charge in [-0.2, -0.15) is 0 Å². The first-order valence-corrected chi connectivity index (χ1v) is 12.2. The van der Waals surface area contributed by atoms with Crippen molar-refractivity contribution in [3.8, 4) is 5.75 Å². The molecule has 0 aliphatic carbocycles. The standard InChI is InChI=1S/C29H36N4O6/c1-7-16-33(27(36)23(18-24(30)34)32-28(37)39-29(3,4)5)25(20-11-9-10-19(8-2)17-20)26(35)31-21-12-14-22(38-6)15-13-21/h7-15,17,23,25H,1-2,16,18H2,3-6H3,(H2,30,34)(H,31,35)(H,32,37). The van der Waals surface area contributed by atoms with Gasteiger partial charge in [0.15, 0.2) is 0 Å². The fourth-order valence-corrected chi connectivity index (χ4v) is 3.73. The molecule has 4 amide bonds. The van der Waals surface area contributed by atoms with Crippen molar-refractivity contribution in [2.75, 3.05) is 19.0 Å². The predicted octanol–water partition coefficient (Wildman–Crippen LogP) is 3.80. The number of alkyl carbamates (subject to hydrolysis) is 1. The first-order valence-electron chi connectivity index (χ1n) is 12.2. The van der Waals surface area contributed by atoms with Crippen LogP contribution >= 0.6 is 0 Å². The number of ether oxygens (including phenoxy) is 2. The van der Waals surface area contributed by atoms with E-state index in [4.69, 9.17) is 15.2 Å². The highest BCUT2D eigenvalue weighted by molar-refractivity contribution is 6.00. The van der Waals surface area contributed by atoms with Crippen LogP contribution in [-0.4, -0.2) is 54.0 Å². The van der Waals surface area contributed by atoms with Gasteiger partial charge in [-0.05, 0) is 62.2 Å². The molecule has 2 unspecified atom stereocenters. The molecule has 0 aromatic heterocycles. The molecule has 10 nitrogen and oxygen atoms in total. The zero-order valence-corrected chi connectivity index (χ0v) is 22.7. The zero-order chi connectivity index (χ0) is 29.2. The molecule has 208 valence electrons. The Labute approximate surface area is 228 Å². The largest absolute Gasteiger partial charge is 0.497 e. The second-order valence-electron chi connectivity index (χ2n) is 9.64. The maximum Gasteiger partial charge on any atom is 0.408 e. The van der Waals surface area contributed by atoms with Crippen molar-refractivity contribution in [1.82, 2.24) is 10.2 Å². The number of nitrogens with one attached hydrogen (secondary N) is 2. The van der Waals surface area contributed by atoms with Gasteiger partial charge in [0.1, 0.15) is 23.4 Å². The summed E-state index contributed by atoms with van der Waals surface area (Å²) in [6, 6.07) is 11.1. The average Bonchev–Trinajstić information content (AvgIpc) is 2.86. The number of primary amides is 1. The van der Waals surface area contributed by atoms with E-state index in [9.17, 15) is 19.2 Å². The van der Waals surface area contributed by atoms with Gasteiger partial charge in [-0.3, -0.25) is 14.4 Å². The Morgan fingerprint density at radius 2 is 1.74 bits per heavy atom. The Morgan fingerprint density at radius 3 is 2.28 bits per heavy atom. The molecule has 39 heavy (non-hydrogen) atoms. The second kappa shape index (κ2) is 13.8. The number of carbonyl (C=O) groups is 4. The number of nitrogens with zero attached hydrogens (tertiary/aromatic N) is 1. The molecule has 2 rings (SSSR count). The normalized spacial score (nSPS) is 12.3. The summed E-state index contributed by atoms with van der Waals surface area (Å²) in [7, 11) is 1.53. The van der Waals surface area contributed by atoms with Crippen LogP contribution in [0.4, 0.5) is 10.5 Å². The SMILES string of the molecule is C=CCN(C(=O)C(CC(N)=O)NC(=O)OC(C)(C)C)C(C(=O)Nc1ccc(OC)cc1)c1cccc(C=C)c1. The molecular weight excluding hydrogens is 500 g/mol. The third-order valence-electron chi connectivity index (χ3n) is 5.38. The van der Waals surface area contributed by atoms with Crippen LogP contribution in [0.2, 0.25) is 0 Å². The zero-order valence-electron chi connectivity index (χ0n) is 22.7. The maximum atomic E-state index is 13.9. The number of carbonyl (C=O) groups excluding carboxylic acids is 4. The van der Waals surface area contributed by atoms with Crippen LogP contribution in [0, 0.1) is 0 Å². The Balaban J connectivity index is 2.53. The van der Waals surface area contributed by atoms with Gasteiger partial charge in [-0.15, -0.1) is 6.58 Å². The van der Waals surface area contributed by atoms with Crippen molar-refractivity contribution < 1.29 is 28.7 Å². The number of anilines is 1. The molecule has 0 fully saturated rings. The molecule has 0 spiro atoms. The fraction of sp³-hybridized carbons (Fsp3) is 0.310. The molecule has 2 aromatic rings. The number of nitrogens with two attached hydrogens (primary N) is 1. The minimum absolute atomic E-state index is 0.0802. The third-order valence-corrected chi connectivity index (χ3v) is 5.38. The number of amides is 4. The lowest BCUT2D eigenvalue weighted by Crippen LogP contribution is -2.53. The van der Waals surface area contributed by atoms with Crippen molar-refractivity contribution in [2.45, 2.75) is 44.9 Å². The van der Waals surface area contributed by atoms with E-state index >= 15 is 0 Å². The lowest BCUT2D eigenvalue weighted by atomic mass is 9.99. The van der Waals surface area contributed by atoms with E-state index in [1.54, 1.807) is 75.4 Å². The molecule has 0 radical (unpaired) electrons. The molecule has 2 atom stereocenters. The first kappa shape index (κ1) is 30.6. The van der Waals surface area contributed by atoms with E-state index in [0.29, 0.717) is 17.0 Å². The molecule has 10 heteroatoms. The average molecular weight is 537 g/mol. The second-order valence-corrected chi connectivity index (χ2v) is 9.64. The molecule has 0 heterocycles. The van der Waals surface area contributed by atoms with E-state index in [2.05, 4.69) is 23.8 Å². The molecule has 0 bridgehead atoms. The molecule has 0 saturated carbocycles. The van der Waals surface area contributed by atoms with E-state index in [1.807, 2.05) is 0 Å². The van der Waals surface area contributed by atoms with Gasteiger partial charge in [-0.1, -0.05) is 36.9 Å². The Bertz CT molecular complexity index is 1200. The van der Waals surface area contributed by atoms with E-state index in [1.165, 1.54) is 18.1 Å². The van der Waals surface area contributed by atoms with Crippen molar-refractivity contribution in [3.63, 3.8) is 0 Å². The maximum absolute atomic E-state index is 13.9. The van der Waals surface area contributed by atoms with Gasteiger partial charge >= 0.3 is 6.09 Å². The number of hydrogen-bond donors (Lipinski definition) is 3. The van der Waals surface area contributed by atoms with Gasteiger partial charge in [-0.25, -0.2) is 4.79 Å². The fourth-order valence-electron chi connectivity index (χ4n) is 3.73. The summed E-state index contributed by atoms with van der Waals surface area (Å²) >= 11 is 0. The molecule has 0 aliphatic rings. The van der Waals surface area contributed by atoms with E-state index in [-0.39, 0.29) is 6.54 Å². The number of methoxy groups -OCH3 is 1. The van der Waals surface area contributed by atoms with Crippen LogP contribution in [0.25, 0.3) is 6.08 Å². The third kappa shape index (κ3) is 9.33. The van der Waals surface area contributed by atoms with Crippen molar-refractivity contribution in [1.29, 1.82) is 0 Å². The highest BCUT2D eigenvalue weighted by Gasteiger charge is 2.36. The van der Waals surface area contributed by atoms with Gasteiger partial charge in [0.05, 0.1) is 13.5 Å². The van der Waals surface area contributed by atoms with E-state index < -0.39 is 47.9 Å². The molecule has 0 aliphatic heterocycles. The van der Waals surface area contributed by atoms with Crippen LogP contribution in [0.15, 0.2) is 67.8 Å². The minimum Gasteiger partial charge on any atom is -0.497 e. The Hall–Kier alpha value is -4.60. The predicted molar refractivity (Wildman–Crippen MR) is 150 cm³/mol. The van der Waals surface area contributed by atoms with Crippen LogP contribution in [0.1, 0.15) is 44.4 Å². The van der Waals surface area contributed by atoms with Crippen molar-refractivity contribution >= 4 is 35.6 Å². The molecular formula is C29H36N4O6. The van der Waals surface area contributed by atoms with Crippen LogP contribution in [-0.2, 0) is 19.1 Å². The highest BCUT2D eigenvalue weighted by Crippen LogP contribution is 2.26. The lowest BCUT2D eigenvalue weighted by Gasteiger charge is -2.33. The van der Waals surface area contributed by atoms with Gasteiger partial charge in [0.2, 0.25) is 11.8 Å². The topological polar surface area (TPSA) is 140 Å². The number of benzene rings is 2. The van der Waals surface area contributed by atoms with Crippen molar-refractivity contribution in [3.05, 3.63) is 78.9 Å². The molecule has 2 aromatic carbocycles. The Morgan fingerprint density at radius 1 is 1.08 bits per heavy atom. The summed E-state index contributed by atoms with van der Waals surface area (Å²) in [6.07, 6.45) is 1.64. The van der Waals surface area contributed by atoms with E-state index in [0.717, 1.165) is 5.56 Å². The van der Waals surface area contributed by atoms with Gasteiger partial charge in [0, 0.05) is 12.2 Å². The quantitative estimate of drug-likeness (QED) is 0.353. The molecule has 4 N–H and O–H groups in total.